The molecule has 1 atom stereocenters. The van der Waals surface area contributed by atoms with Crippen molar-refractivity contribution in [1.29, 1.82) is 0 Å². The van der Waals surface area contributed by atoms with Gasteiger partial charge in [0.25, 0.3) is 0 Å². The van der Waals surface area contributed by atoms with E-state index in [1.54, 1.807) is 6.07 Å². The largest absolute Gasteiger partial charge is 0.399 e. The van der Waals surface area contributed by atoms with Gasteiger partial charge in [0.05, 0.1) is 5.75 Å². The smallest absolute Gasteiger partial charge is 0.234 e. The lowest BCUT2D eigenvalue weighted by Gasteiger charge is -2.10. The zero-order valence-electron chi connectivity index (χ0n) is 10.8. The molecule has 1 aromatic rings. The number of aryl methyl sites for hydroxylation is 1. The van der Waals surface area contributed by atoms with Gasteiger partial charge in [-0.15, -0.1) is 0 Å². The standard InChI is InChI=1S/C13H20N2O2S/c1-9(6-16)7-18-8-13(17)15-12-4-3-11(14)5-10(12)2/h3-5,9,16H,6-8,14H2,1-2H3,(H,15,17). The van der Waals surface area contributed by atoms with E-state index in [1.807, 2.05) is 26.0 Å². The van der Waals surface area contributed by atoms with Gasteiger partial charge in [0.15, 0.2) is 0 Å². The molecule has 0 radical (unpaired) electrons. The third-order valence-corrected chi connectivity index (χ3v) is 3.74. The van der Waals surface area contributed by atoms with Gasteiger partial charge in [0.1, 0.15) is 0 Å². The first-order chi connectivity index (χ1) is 8.52. The Morgan fingerprint density at radius 1 is 1.56 bits per heavy atom. The van der Waals surface area contributed by atoms with Gasteiger partial charge in [-0.3, -0.25) is 4.79 Å². The zero-order chi connectivity index (χ0) is 13.5. The summed E-state index contributed by atoms with van der Waals surface area (Å²) >= 11 is 1.53. The molecule has 5 heteroatoms. The molecule has 18 heavy (non-hydrogen) atoms. The first-order valence-corrected chi connectivity index (χ1v) is 7.03. The van der Waals surface area contributed by atoms with E-state index < -0.39 is 0 Å². The lowest BCUT2D eigenvalue weighted by molar-refractivity contribution is -0.113. The van der Waals surface area contributed by atoms with Gasteiger partial charge in [-0.05, 0) is 42.4 Å². The first kappa shape index (κ1) is 14.9. The lowest BCUT2D eigenvalue weighted by atomic mass is 10.2. The van der Waals surface area contributed by atoms with Crippen LogP contribution in [-0.4, -0.2) is 29.1 Å². The Balaban J connectivity index is 2.40. The molecule has 0 aliphatic carbocycles. The monoisotopic (exact) mass is 268 g/mol. The number of aliphatic hydroxyl groups excluding tert-OH is 1. The summed E-state index contributed by atoms with van der Waals surface area (Å²) in [6.07, 6.45) is 0. The number of carbonyl (C=O) groups excluding carboxylic acids is 1. The summed E-state index contributed by atoms with van der Waals surface area (Å²) in [5.41, 5.74) is 8.09. The quantitative estimate of drug-likeness (QED) is 0.689. The molecule has 0 saturated heterocycles. The summed E-state index contributed by atoms with van der Waals surface area (Å²) in [6, 6.07) is 5.41. The summed E-state index contributed by atoms with van der Waals surface area (Å²) in [4.78, 5) is 11.7. The van der Waals surface area contributed by atoms with Crippen LogP contribution >= 0.6 is 11.8 Å². The minimum Gasteiger partial charge on any atom is -0.399 e. The fourth-order valence-corrected chi connectivity index (χ4v) is 2.30. The molecule has 0 heterocycles. The third-order valence-electron chi connectivity index (χ3n) is 2.47. The van der Waals surface area contributed by atoms with Gasteiger partial charge >= 0.3 is 0 Å². The van der Waals surface area contributed by atoms with Crippen LogP contribution < -0.4 is 11.1 Å². The number of nitrogens with two attached hydrogens (primary N) is 1. The Morgan fingerprint density at radius 2 is 2.28 bits per heavy atom. The molecule has 0 aliphatic heterocycles. The Labute approximate surface area is 112 Å². The molecule has 4 N–H and O–H groups in total. The second-order valence-electron chi connectivity index (χ2n) is 4.43. The van der Waals surface area contributed by atoms with Crippen molar-refractivity contribution in [2.75, 3.05) is 29.2 Å². The molecule has 0 aliphatic rings. The highest BCUT2D eigenvalue weighted by atomic mass is 32.2. The van der Waals surface area contributed by atoms with Gasteiger partial charge < -0.3 is 16.2 Å². The maximum Gasteiger partial charge on any atom is 0.234 e. The van der Waals surface area contributed by atoms with Crippen LogP contribution in [0.15, 0.2) is 18.2 Å². The molecule has 0 spiro atoms. The molecule has 1 amide bonds. The second kappa shape index (κ2) is 7.28. The van der Waals surface area contributed by atoms with Crippen LogP contribution in [0, 0.1) is 12.8 Å². The number of benzene rings is 1. The van der Waals surface area contributed by atoms with Crippen LogP contribution in [0.3, 0.4) is 0 Å². The predicted molar refractivity (Wildman–Crippen MR) is 77.8 cm³/mol. The van der Waals surface area contributed by atoms with Crippen LogP contribution in [0.25, 0.3) is 0 Å². The fraction of sp³-hybridized carbons (Fsp3) is 0.462. The lowest BCUT2D eigenvalue weighted by Crippen LogP contribution is -2.16. The van der Waals surface area contributed by atoms with E-state index in [0.717, 1.165) is 17.0 Å². The number of thioether (sulfide) groups is 1. The minimum atomic E-state index is -0.0296. The molecular weight excluding hydrogens is 248 g/mol. The predicted octanol–water partition coefficient (Wildman–Crippen LogP) is 1.88. The molecule has 1 rings (SSSR count). The molecular formula is C13H20N2O2S. The average molecular weight is 268 g/mol. The highest BCUT2D eigenvalue weighted by Crippen LogP contribution is 2.18. The molecule has 0 saturated carbocycles. The van der Waals surface area contributed by atoms with Gasteiger partial charge in [-0.1, -0.05) is 6.92 Å². The number of hydrogen-bond donors (Lipinski definition) is 3. The van der Waals surface area contributed by atoms with Crippen molar-refractivity contribution in [2.24, 2.45) is 5.92 Å². The van der Waals surface area contributed by atoms with E-state index in [2.05, 4.69) is 5.32 Å². The van der Waals surface area contributed by atoms with Crippen LogP contribution in [-0.2, 0) is 4.79 Å². The topological polar surface area (TPSA) is 75.3 Å². The van der Waals surface area contributed by atoms with Crippen LogP contribution in [0.4, 0.5) is 11.4 Å². The van der Waals surface area contributed by atoms with Crippen LogP contribution in [0.1, 0.15) is 12.5 Å². The SMILES string of the molecule is Cc1cc(N)ccc1NC(=O)CSCC(C)CO. The zero-order valence-corrected chi connectivity index (χ0v) is 11.6. The first-order valence-electron chi connectivity index (χ1n) is 5.87. The minimum absolute atomic E-state index is 0.0296. The van der Waals surface area contributed by atoms with E-state index in [1.165, 1.54) is 11.8 Å². The van der Waals surface area contributed by atoms with Gasteiger partial charge in [0, 0.05) is 18.0 Å². The second-order valence-corrected chi connectivity index (χ2v) is 5.46. The molecule has 0 fully saturated rings. The van der Waals surface area contributed by atoms with E-state index in [9.17, 15) is 4.79 Å². The normalized spacial score (nSPS) is 12.2. The molecule has 100 valence electrons. The molecule has 0 aromatic heterocycles. The van der Waals surface area contributed by atoms with E-state index in [4.69, 9.17) is 10.8 Å². The summed E-state index contributed by atoms with van der Waals surface area (Å²) < 4.78 is 0. The van der Waals surface area contributed by atoms with Crippen LogP contribution in [0.2, 0.25) is 0 Å². The number of nitrogens with one attached hydrogen (secondary N) is 1. The van der Waals surface area contributed by atoms with Gasteiger partial charge in [-0.2, -0.15) is 11.8 Å². The van der Waals surface area contributed by atoms with Crippen molar-refractivity contribution < 1.29 is 9.90 Å². The van der Waals surface area contributed by atoms with Gasteiger partial charge in [-0.25, -0.2) is 0 Å². The number of amides is 1. The molecule has 1 aromatic carbocycles. The number of carbonyl (C=O) groups is 1. The molecule has 4 nitrogen and oxygen atoms in total. The molecule has 1 unspecified atom stereocenters. The molecule has 0 bridgehead atoms. The number of hydrogen-bond acceptors (Lipinski definition) is 4. The Morgan fingerprint density at radius 3 is 2.89 bits per heavy atom. The van der Waals surface area contributed by atoms with E-state index in [0.29, 0.717) is 11.4 Å². The van der Waals surface area contributed by atoms with E-state index in [-0.39, 0.29) is 18.4 Å². The Bertz CT molecular complexity index is 410. The maximum atomic E-state index is 11.7. The number of rotatable bonds is 6. The fourth-order valence-electron chi connectivity index (χ4n) is 1.42. The number of nitrogen functional groups attached to an aromatic ring is 1. The maximum absolute atomic E-state index is 11.7. The van der Waals surface area contributed by atoms with Crippen molar-refractivity contribution in [1.82, 2.24) is 0 Å². The summed E-state index contributed by atoms with van der Waals surface area (Å²) in [6.45, 7) is 4.02. The summed E-state index contributed by atoms with van der Waals surface area (Å²) in [7, 11) is 0. The van der Waals surface area contributed by atoms with Crippen molar-refractivity contribution in [2.45, 2.75) is 13.8 Å². The summed E-state index contributed by atoms with van der Waals surface area (Å²) in [5, 5.41) is 11.7. The van der Waals surface area contributed by atoms with Crippen LogP contribution in [0.5, 0.6) is 0 Å². The Hall–Kier alpha value is -1.20. The number of anilines is 2. The highest BCUT2D eigenvalue weighted by Gasteiger charge is 2.06. The van der Waals surface area contributed by atoms with Crippen molar-refractivity contribution in [3.05, 3.63) is 23.8 Å². The van der Waals surface area contributed by atoms with Crippen molar-refractivity contribution in [3.63, 3.8) is 0 Å². The highest BCUT2D eigenvalue weighted by molar-refractivity contribution is 7.99. The number of aliphatic hydroxyl groups is 1. The third kappa shape index (κ3) is 4.98. The van der Waals surface area contributed by atoms with E-state index >= 15 is 0 Å². The summed E-state index contributed by atoms with van der Waals surface area (Å²) in [5.74, 6) is 1.37. The Kier molecular flexibility index (Phi) is 6.01. The van der Waals surface area contributed by atoms with Gasteiger partial charge in [0.2, 0.25) is 5.91 Å². The average Bonchev–Trinajstić information content (AvgIpc) is 2.32. The van der Waals surface area contributed by atoms with Crippen molar-refractivity contribution in [3.8, 4) is 0 Å². The van der Waals surface area contributed by atoms with Crippen molar-refractivity contribution >= 4 is 29.0 Å².